The van der Waals surface area contributed by atoms with Crippen LogP contribution in [0, 0.1) is 0 Å². The number of nitrogens with one attached hydrogen (secondary N) is 1. The zero-order chi connectivity index (χ0) is 18.6. The number of pyridine rings is 1. The lowest BCUT2D eigenvalue weighted by Gasteiger charge is -2.42. The van der Waals surface area contributed by atoms with Gasteiger partial charge in [0.15, 0.2) is 0 Å². The van der Waals surface area contributed by atoms with E-state index in [1.807, 2.05) is 12.1 Å². The number of hydrogen-bond donors (Lipinski definition) is 1. The highest BCUT2D eigenvalue weighted by molar-refractivity contribution is 7.79. The number of carbonyl (C=O) groups is 1. The van der Waals surface area contributed by atoms with Crippen LogP contribution in [0.4, 0.5) is 0 Å². The van der Waals surface area contributed by atoms with Crippen molar-refractivity contribution in [2.45, 2.75) is 69.9 Å². The fourth-order valence-electron chi connectivity index (χ4n) is 4.85. The van der Waals surface area contributed by atoms with Crippen LogP contribution in [0.2, 0.25) is 0 Å². The number of rotatable bonds is 5. The Morgan fingerprint density at radius 1 is 1.35 bits per heavy atom. The standard InChI is InChI=1S/C20H29N3O2S/c1-2-12-23(20(26)22-16-8-4-3-5-9-16)13-10-17(18(23)19(24)25)15-7-6-11-21-14-15/h6-7,11,14,16-18H,2-5,8-10,12-13H2,1H3,(H-,22,24,25,26)/t17?,18-,23?/m0/s1. The van der Waals surface area contributed by atoms with E-state index in [9.17, 15) is 9.90 Å². The Labute approximate surface area is 161 Å². The smallest absolute Gasteiger partial charge is 0.270 e. The van der Waals surface area contributed by atoms with Crippen molar-refractivity contribution < 1.29 is 14.4 Å². The first-order chi connectivity index (χ1) is 12.6. The topological polar surface area (TPSA) is 65.0 Å². The maximum absolute atomic E-state index is 12.2. The molecule has 0 aromatic carbocycles. The number of thiocarbonyl (C=S) groups is 1. The predicted octanol–water partition coefficient (Wildman–Crippen LogP) is 2.12. The van der Waals surface area contributed by atoms with Gasteiger partial charge >= 0.3 is 0 Å². The number of carbonyl (C=O) groups excluding carboxylic acids is 1. The normalized spacial score (nSPS) is 29.4. The van der Waals surface area contributed by atoms with Gasteiger partial charge in [-0.3, -0.25) is 9.47 Å². The number of aliphatic carboxylic acids is 1. The summed E-state index contributed by atoms with van der Waals surface area (Å²) in [5.41, 5.74) is 0.971. The van der Waals surface area contributed by atoms with Gasteiger partial charge in [-0.05, 0) is 30.9 Å². The lowest BCUT2D eigenvalue weighted by Crippen LogP contribution is -2.66. The molecular weight excluding hydrogens is 346 g/mol. The van der Waals surface area contributed by atoms with Gasteiger partial charge in [0.25, 0.3) is 5.11 Å². The van der Waals surface area contributed by atoms with E-state index in [1.165, 1.54) is 19.3 Å². The first kappa shape index (κ1) is 19.2. The summed E-state index contributed by atoms with van der Waals surface area (Å²) in [6.07, 6.45) is 11.1. The number of nitrogens with zero attached hydrogens (tertiary/aromatic N) is 2. The molecule has 2 heterocycles. The third kappa shape index (κ3) is 3.76. The Morgan fingerprint density at radius 3 is 2.73 bits per heavy atom. The van der Waals surface area contributed by atoms with Gasteiger partial charge in [0.2, 0.25) is 0 Å². The summed E-state index contributed by atoms with van der Waals surface area (Å²) in [5, 5.41) is 16.5. The minimum atomic E-state index is -1.00. The number of likely N-dealkylation sites (tertiary alicyclic amines) is 1. The highest BCUT2D eigenvalue weighted by Crippen LogP contribution is 2.39. The average Bonchev–Trinajstić information content (AvgIpc) is 3.04. The molecule has 1 aliphatic heterocycles. The fourth-order valence-corrected chi connectivity index (χ4v) is 5.31. The van der Waals surface area contributed by atoms with Gasteiger partial charge < -0.3 is 15.2 Å². The lowest BCUT2D eigenvalue weighted by atomic mass is 9.92. The van der Waals surface area contributed by atoms with Crippen molar-refractivity contribution in [1.82, 2.24) is 10.3 Å². The molecule has 1 saturated carbocycles. The van der Waals surface area contributed by atoms with E-state index in [-0.39, 0.29) is 5.92 Å². The Morgan fingerprint density at radius 2 is 2.12 bits per heavy atom. The second-order valence-corrected chi connectivity index (χ2v) is 8.10. The van der Waals surface area contributed by atoms with Crippen LogP contribution >= 0.6 is 12.2 Å². The van der Waals surface area contributed by atoms with Crippen molar-refractivity contribution in [2.75, 3.05) is 13.1 Å². The zero-order valence-electron chi connectivity index (χ0n) is 15.5. The molecule has 2 fully saturated rings. The number of carboxylic acid groups (broad SMARTS) is 1. The molecule has 0 amide bonds. The SMILES string of the molecule is CCC[N+]1(C(=S)NC2CCCCC2)CCC(c2cccnc2)[C@H]1C(=O)[O-]. The van der Waals surface area contributed by atoms with E-state index >= 15 is 0 Å². The van der Waals surface area contributed by atoms with E-state index < -0.39 is 12.0 Å². The molecule has 3 atom stereocenters. The summed E-state index contributed by atoms with van der Waals surface area (Å²) in [6, 6.07) is 3.57. The molecule has 2 unspecified atom stereocenters. The minimum absolute atomic E-state index is 0.105. The van der Waals surface area contributed by atoms with Gasteiger partial charge in [-0.1, -0.05) is 32.3 Å². The van der Waals surface area contributed by atoms with Crippen molar-refractivity contribution in [1.29, 1.82) is 0 Å². The van der Waals surface area contributed by atoms with Crippen LogP contribution < -0.4 is 10.4 Å². The van der Waals surface area contributed by atoms with Crippen molar-refractivity contribution in [3.05, 3.63) is 30.1 Å². The number of quaternary nitrogens is 1. The molecule has 1 N–H and O–H groups in total. The molecule has 5 nitrogen and oxygen atoms in total. The van der Waals surface area contributed by atoms with E-state index in [0.29, 0.717) is 15.6 Å². The van der Waals surface area contributed by atoms with Crippen LogP contribution in [0.5, 0.6) is 0 Å². The highest BCUT2D eigenvalue weighted by atomic mass is 32.1. The quantitative estimate of drug-likeness (QED) is 0.631. The number of hydrogen-bond acceptors (Lipinski definition) is 4. The molecule has 1 aliphatic carbocycles. The second kappa shape index (κ2) is 8.44. The van der Waals surface area contributed by atoms with Gasteiger partial charge in [0.05, 0.1) is 13.1 Å². The highest BCUT2D eigenvalue weighted by Gasteiger charge is 2.52. The number of carboxylic acids is 1. The molecule has 0 spiro atoms. The molecule has 1 aromatic rings. The summed E-state index contributed by atoms with van der Waals surface area (Å²) >= 11 is 5.83. The molecule has 1 aromatic heterocycles. The average molecular weight is 376 g/mol. The molecule has 142 valence electrons. The summed E-state index contributed by atoms with van der Waals surface area (Å²) in [4.78, 5) is 16.4. The molecule has 3 rings (SSSR count). The summed E-state index contributed by atoms with van der Waals surface area (Å²) < 4.78 is 0.324. The Kier molecular flexibility index (Phi) is 6.24. The van der Waals surface area contributed by atoms with Gasteiger partial charge in [-0.15, -0.1) is 0 Å². The second-order valence-electron chi connectivity index (χ2n) is 7.71. The Balaban J connectivity index is 1.88. The molecular formula is C20H29N3O2S. The molecule has 26 heavy (non-hydrogen) atoms. The van der Waals surface area contributed by atoms with Gasteiger partial charge in [-0.2, -0.15) is 0 Å². The predicted molar refractivity (Wildman–Crippen MR) is 103 cm³/mol. The van der Waals surface area contributed by atoms with Crippen LogP contribution in [0.25, 0.3) is 0 Å². The molecule has 0 radical (unpaired) electrons. The zero-order valence-corrected chi connectivity index (χ0v) is 16.3. The van der Waals surface area contributed by atoms with E-state index in [4.69, 9.17) is 12.2 Å². The molecule has 2 aliphatic rings. The van der Waals surface area contributed by atoms with Crippen molar-refractivity contribution in [2.24, 2.45) is 0 Å². The van der Waals surface area contributed by atoms with Crippen LogP contribution in [0.3, 0.4) is 0 Å². The lowest BCUT2D eigenvalue weighted by molar-refractivity contribution is -0.848. The molecule has 6 heteroatoms. The van der Waals surface area contributed by atoms with Crippen LogP contribution in [0.1, 0.15) is 63.4 Å². The third-order valence-electron chi connectivity index (χ3n) is 6.07. The van der Waals surface area contributed by atoms with E-state index in [1.54, 1.807) is 12.4 Å². The molecule has 1 saturated heterocycles. The van der Waals surface area contributed by atoms with Gasteiger partial charge in [0, 0.05) is 43.0 Å². The van der Waals surface area contributed by atoms with Crippen molar-refractivity contribution in [3.8, 4) is 0 Å². The van der Waals surface area contributed by atoms with Gasteiger partial charge in [0.1, 0.15) is 12.0 Å². The van der Waals surface area contributed by atoms with Crippen LogP contribution in [-0.2, 0) is 4.79 Å². The Bertz CT molecular complexity index is 633. The van der Waals surface area contributed by atoms with Crippen LogP contribution in [-0.4, -0.2) is 45.7 Å². The summed E-state index contributed by atoms with van der Waals surface area (Å²) in [7, 11) is 0. The van der Waals surface area contributed by atoms with E-state index in [0.717, 1.165) is 44.3 Å². The summed E-state index contributed by atoms with van der Waals surface area (Å²) in [5.74, 6) is -1.11. The first-order valence-corrected chi connectivity index (χ1v) is 10.3. The monoisotopic (exact) mass is 375 g/mol. The Hall–Kier alpha value is -1.53. The van der Waals surface area contributed by atoms with Gasteiger partial charge in [-0.25, -0.2) is 0 Å². The largest absolute Gasteiger partial charge is 0.544 e. The number of aromatic nitrogens is 1. The summed E-state index contributed by atoms with van der Waals surface area (Å²) in [6.45, 7) is 3.56. The molecule has 0 bridgehead atoms. The van der Waals surface area contributed by atoms with Crippen molar-refractivity contribution >= 4 is 23.3 Å². The maximum atomic E-state index is 12.2. The fraction of sp³-hybridized carbons (Fsp3) is 0.650. The first-order valence-electron chi connectivity index (χ1n) is 9.87. The van der Waals surface area contributed by atoms with Crippen molar-refractivity contribution in [3.63, 3.8) is 0 Å². The third-order valence-corrected chi connectivity index (χ3v) is 6.55. The minimum Gasteiger partial charge on any atom is -0.544 e. The maximum Gasteiger partial charge on any atom is 0.270 e. The van der Waals surface area contributed by atoms with E-state index in [2.05, 4.69) is 17.2 Å². The van der Waals surface area contributed by atoms with Crippen LogP contribution in [0.15, 0.2) is 24.5 Å².